The Kier molecular flexibility index (Phi) is 9.21. The number of carbonyl (C=O) groups excluding carboxylic acids is 3. The Bertz CT molecular complexity index is 651. The zero-order valence-corrected chi connectivity index (χ0v) is 16.4. The van der Waals surface area contributed by atoms with E-state index in [0.29, 0.717) is 28.6 Å². The number of hydrazine groups is 1. The average Bonchev–Trinajstić information content (AvgIpc) is 2.64. The number of carbonyl (C=O) groups is 3. The van der Waals surface area contributed by atoms with Crippen molar-refractivity contribution in [2.75, 3.05) is 26.1 Å². The van der Waals surface area contributed by atoms with Gasteiger partial charge >= 0.3 is 0 Å². The number of unbranched alkanes of at least 4 members (excludes halogenated alkanes) is 2. The highest BCUT2D eigenvalue weighted by Gasteiger charge is 2.21. The van der Waals surface area contributed by atoms with E-state index in [1.54, 1.807) is 33.2 Å². The van der Waals surface area contributed by atoms with Crippen molar-refractivity contribution in [2.45, 2.75) is 39.5 Å². The van der Waals surface area contributed by atoms with Gasteiger partial charge in [0.2, 0.25) is 12.3 Å². The zero-order chi connectivity index (χ0) is 20.4. The molecule has 27 heavy (non-hydrogen) atoms. The number of nitrogens with zero attached hydrogens (tertiary/aromatic N) is 3. The van der Waals surface area contributed by atoms with Gasteiger partial charge in [0.1, 0.15) is 5.82 Å². The van der Waals surface area contributed by atoms with Crippen LogP contribution in [0.25, 0.3) is 0 Å². The van der Waals surface area contributed by atoms with Crippen molar-refractivity contribution in [3.8, 4) is 0 Å². The predicted molar refractivity (Wildman–Crippen MR) is 101 cm³/mol. The minimum absolute atomic E-state index is 0.0909. The standard InChI is InChI=1S/C18H29N5O4/c1-5-6-7-8-14(11-23(27)12-24)17(25)21-20-16-10-15(9-13(2)19-16)18(26)22(3)4/h9-10,12,14,27H,5-8,11H2,1-4H3,(H,19,20)(H,21,25). The van der Waals surface area contributed by atoms with E-state index in [-0.39, 0.29) is 24.8 Å². The van der Waals surface area contributed by atoms with Crippen LogP contribution in [0.15, 0.2) is 12.1 Å². The number of pyridine rings is 1. The maximum atomic E-state index is 12.4. The van der Waals surface area contributed by atoms with Crippen LogP contribution in [-0.2, 0) is 9.59 Å². The van der Waals surface area contributed by atoms with Crippen molar-refractivity contribution >= 4 is 24.0 Å². The van der Waals surface area contributed by atoms with Crippen LogP contribution in [0.4, 0.5) is 5.82 Å². The fourth-order valence-corrected chi connectivity index (χ4v) is 2.56. The number of aromatic nitrogens is 1. The van der Waals surface area contributed by atoms with Gasteiger partial charge in [0.25, 0.3) is 5.91 Å². The first-order valence-electron chi connectivity index (χ1n) is 8.95. The molecule has 9 nitrogen and oxygen atoms in total. The molecule has 0 radical (unpaired) electrons. The molecule has 0 aliphatic rings. The number of aryl methyl sites for hydroxylation is 1. The molecule has 0 saturated heterocycles. The van der Waals surface area contributed by atoms with Crippen molar-refractivity contribution in [3.05, 3.63) is 23.4 Å². The van der Waals surface area contributed by atoms with Gasteiger partial charge in [0.05, 0.1) is 12.5 Å². The summed E-state index contributed by atoms with van der Waals surface area (Å²) in [5.74, 6) is -0.769. The summed E-state index contributed by atoms with van der Waals surface area (Å²) in [6, 6.07) is 3.21. The highest BCUT2D eigenvalue weighted by Crippen LogP contribution is 2.13. The first-order chi connectivity index (χ1) is 12.8. The van der Waals surface area contributed by atoms with Crippen LogP contribution in [0.2, 0.25) is 0 Å². The number of hydroxylamine groups is 2. The summed E-state index contributed by atoms with van der Waals surface area (Å²) in [6.07, 6.45) is 3.58. The molecule has 1 rings (SSSR count). The lowest BCUT2D eigenvalue weighted by molar-refractivity contribution is -0.154. The van der Waals surface area contributed by atoms with Crippen LogP contribution in [0.3, 0.4) is 0 Å². The second-order valence-electron chi connectivity index (χ2n) is 6.62. The van der Waals surface area contributed by atoms with E-state index in [2.05, 4.69) is 22.8 Å². The Labute approximate surface area is 159 Å². The lowest BCUT2D eigenvalue weighted by Crippen LogP contribution is -2.40. The van der Waals surface area contributed by atoms with Gasteiger partial charge in [-0.3, -0.25) is 30.4 Å². The maximum Gasteiger partial charge on any atom is 0.253 e. The van der Waals surface area contributed by atoms with Crippen LogP contribution in [0.5, 0.6) is 0 Å². The number of anilines is 1. The Hall–Kier alpha value is -2.68. The van der Waals surface area contributed by atoms with E-state index >= 15 is 0 Å². The molecule has 0 aliphatic carbocycles. The number of hydrogen-bond acceptors (Lipinski definition) is 6. The van der Waals surface area contributed by atoms with Crippen molar-refractivity contribution < 1.29 is 19.6 Å². The summed E-state index contributed by atoms with van der Waals surface area (Å²) in [4.78, 5) is 40.9. The molecule has 1 atom stereocenters. The highest BCUT2D eigenvalue weighted by atomic mass is 16.5. The molecule has 0 spiro atoms. The minimum Gasteiger partial charge on any atom is -0.345 e. The van der Waals surface area contributed by atoms with Crippen LogP contribution >= 0.6 is 0 Å². The summed E-state index contributed by atoms with van der Waals surface area (Å²) in [6.45, 7) is 3.71. The fraction of sp³-hybridized carbons (Fsp3) is 0.556. The molecular formula is C18H29N5O4. The number of rotatable bonds is 11. The fourth-order valence-electron chi connectivity index (χ4n) is 2.56. The molecule has 150 valence electrons. The number of hydrogen-bond donors (Lipinski definition) is 3. The predicted octanol–water partition coefficient (Wildman–Crippen LogP) is 1.58. The molecule has 9 heteroatoms. The summed E-state index contributed by atoms with van der Waals surface area (Å²) >= 11 is 0. The first kappa shape index (κ1) is 22.4. The van der Waals surface area contributed by atoms with Crippen LogP contribution in [-0.4, -0.2) is 59.0 Å². The molecule has 0 aromatic carbocycles. The molecule has 0 fully saturated rings. The molecule has 1 aromatic rings. The Morgan fingerprint density at radius 3 is 2.59 bits per heavy atom. The average molecular weight is 379 g/mol. The van der Waals surface area contributed by atoms with Gasteiger partial charge in [-0.05, 0) is 25.5 Å². The quantitative estimate of drug-likeness (QED) is 0.233. The van der Waals surface area contributed by atoms with Crippen LogP contribution in [0, 0.1) is 12.8 Å². The Balaban J connectivity index is 2.78. The van der Waals surface area contributed by atoms with E-state index in [9.17, 15) is 19.6 Å². The Morgan fingerprint density at radius 2 is 2.00 bits per heavy atom. The molecular weight excluding hydrogens is 350 g/mol. The van der Waals surface area contributed by atoms with Crippen molar-refractivity contribution in [1.82, 2.24) is 20.4 Å². The molecule has 0 saturated carbocycles. The summed E-state index contributed by atoms with van der Waals surface area (Å²) in [5, 5.41) is 9.88. The van der Waals surface area contributed by atoms with Crippen LogP contribution in [0.1, 0.15) is 48.7 Å². The second-order valence-corrected chi connectivity index (χ2v) is 6.62. The second kappa shape index (κ2) is 11.1. The molecule has 3 N–H and O–H groups in total. The third-order valence-electron chi connectivity index (χ3n) is 3.98. The number of amides is 3. The lowest BCUT2D eigenvalue weighted by Gasteiger charge is -2.20. The van der Waals surface area contributed by atoms with Gasteiger partial charge in [-0.2, -0.15) is 0 Å². The van der Waals surface area contributed by atoms with E-state index in [0.717, 1.165) is 19.3 Å². The van der Waals surface area contributed by atoms with Gasteiger partial charge < -0.3 is 4.90 Å². The van der Waals surface area contributed by atoms with E-state index in [1.165, 1.54) is 4.90 Å². The molecule has 1 unspecified atom stereocenters. The molecule has 1 heterocycles. The largest absolute Gasteiger partial charge is 0.345 e. The van der Waals surface area contributed by atoms with Crippen LogP contribution < -0.4 is 10.9 Å². The van der Waals surface area contributed by atoms with Gasteiger partial charge in [0, 0.05) is 25.4 Å². The summed E-state index contributed by atoms with van der Waals surface area (Å²) in [5.41, 5.74) is 6.34. The van der Waals surface area contributed by atoms with Gasteiger partial charge in [-0.25, -0.2) is 10.0 Å². The van der Waals surface area contributed by atoms with E-state index in [4.69, 9.17) is 0 Å². The molecule has 3 amide bonds. The summed E-state index contributed by atoms with van der Waals surface area (Å²) < 4.78 is 0. The third-order valence-corrected chi connectivity index (χ3v) is 3.98. The first-order valence-corrected chi connectivity index (χ1v) is 8.95. The van der Waals surface area contributed by atoms with Gasteiger partial charge in [0.15, 0.2) is 0 Å². The van der Waals surface area contributed by atoms with E-state index in [1.807, 2.05) is 0 Å². The third kappa shape index (κ3) is 7.61. The monoisotopic (exact) mass is 379 g/mol. The van der Waals surface area contributed by atoms with Crippen molar-refractivity contribution in [3.63, 3.8) is 0 Å². The zero-order valence-electron chi connectivity index (χ0n) is 16.4. The van der Waals surface area contributed by atoms with E-state index < -0.39 is 5.92 Å². The normalized spacial score (nSPS) is 11.4. The molecule has 0 bridgehead atoms. The van der Waals surface area contributed by atoms with Gasteiger partial charge in [-0.15, -0.1) is 0 Å². The molecule has 1 aromatic heterocycles. The summed E-state index contributed by atoms with van der Waals surface area (Å²) in [7, 11) is 3.31. The Morgan fingerprint density at radius 1 is 1.30 bits per heavy atom. The highest BCUT2D eigenvalue weighted by molar-refractivity contribution is 5.94. The smallest absolute Gasteiger partial charge is 0.253 e. The van der Waals surface area contributed by atoms with Gasteiger partial charge in [-0.1, -0.05) is 26.2 Å². The topological polar surface area (TPSA) is 115 Å². The number of nitrogens with one attached hydrogen (secondary N) is 2. The SMILES string of the molecule is CCCCCC(CN(O)C=O)C(=O)NNc1cc(C(=O)N(C)C)cc(C)n1. The molecule has 0 aliphatic heterocycles. The minimum atomic E-state index is -0.563. The maximum absolute atomic E-state index is 12.4. The lowest BCUT2D eigenvalue weighted by atomic mass is 10.0. The van der Waals surface area contributed by atoms with Crippen molar-refractivity contribution in [1.29, 1.82) is 0 Å². The van der Waals surface area contributed by atoms with Crippen molar-refractivity contribution in [2.24, 2.45) is 5.92 Å².